The Labute approximate surface area is 212 Å². The van der Waals surface area contributed by atoms with Gasteiger partial charge in [-0.15, -0.1) is 0 Å². The Morgan fingerprint density at radius 2 is 1.36 bits per heavy atom. The summed E-state index contributed by atoms with van der Waals surface area (Å²) in [5.41, 5.74) is 3.44. The van der Waals surface area contributed by atoms with Crippen LogP contribution in [0.3, 0.4) is 0 Å². The Balaban J connectivity index is 0.000000434. The summed E-state index contributed by atoms with van der Waals surface area (Å²) in [6.07, 6.45) is 3.51. The van der Waals surface area contributed by atoms with E-state index in [-0.39, 0.29) is 5.97 Å². The van der Waals surface area contributed by atoms with E-state index in [0.717, 1.165) is 40.7 Å². The molecule has 3 aromatic carbocycles. The van der Waals surface area contributed by atoms with Gasteiger partial charge >= 0.3 is 11.9 Å². The van der Waals surface area contributed by atoms with Crippen LogP contribution in [0.1, 0.15) is 37.0 Å². The lowest BCUT2D eigenvalue weighted by atomic mass is 10.2. The molecule has 0 aliphatic rings. The SMILES string of the molecule is C=C(C)C(=O)OCCC.O=C(O)C=Cc1ccc(OCc2ccc(OCc3ccccc3)cc2)cc1. The van der Waals surface area contributed by atoms with Gasteiger partial charge in [0, 0.05) is 11.6 Å². The quantitative estimate of drug-likeness (QED) is 0.246. The van der Waals surface area contributed by atoms with Crippen molar-refractivity contribution < 1.29 is 28.9 Å². The summed E-state index contributed by atoms with van der Waals surface area (Å²) in [4.78, 5) is 21.1. The molecule has 36 heavy (non-hydrogen) atoms. The molecule has 0 aromatic heterocycles. The highest BCUT2D eigenvalue weighted by Crippen LogP contribution is 2.18. The normalized spacial score (nSPS) is 10.2. The van der Waals surface area contributed by atoms with Gasteiger partial charge in [0.15, 0.2) is 0 Å². The summed E-state index contributed by atoms with van der Waals surface area (Å²) in [5, 5.41) is 8.63. The highest BCUT2D eigenvalue weighted by molar-refractivity contribution is 5.87. The largest absolute Gasteiger partial charge is 0.489 e. The van der Waals surface area contributed by atoms with E-state index in [1.54, 1.807) is 13.0 Å². The minimum atomic E-state index is -0.966. The second-order valence-corrected chi connectivity index (χ2v) is 7.86. The third-order valence-corrected chi connectivity index (χ3v) is 4.66. The molecule has 6 heteroatoms. The predicted molar refractivity (Wildman–Crippen MR) is 141 cm³/mol. The smallest absolute Gasteiger partial charge is 0.333 e. The lowest BCUT2D eigenvalue weighted by Crippen LogP contribution is -2.04. The third-order valence-electron chi connectivity index (χ3n) is 4.66. The Kier molecular flexibility index (Phi) is 12.1. The molecule has 0 unspecified atom stereocenters. The molecule has 0 spiro atoms. The Morgan fingerprint density at radius 3 is 1.86 bits per heavy atom. The number of hydrogen-bond acceptors (Lipinski definition) is 5. The molecule has 0 saturated carbocycles. The maximum atomic E-state index is 10.6. The van der Waals surface area contributed by atoms with Crippen LogP contribution in [0.4, 0.5) is 0 Å². The van der Waals surface area contributed by atoms with Crippen LogP contribution in [0.15, 0.2) is 97.1 Å². The van der Waals surface area contributed by atoms with Crippen molar-refractivity contribution in [2.45, 2.75) is 33.5 Å². The molecule has 0 saturated heterocycles. The number of rotatable bonds is 11. The van der Waals surface area contributed by atoms with Crippen molar-refractivity contribution in [3.8, 4) is 11.5 Å². The number of carboxylic acid groups (broad SMARTS) is 1. The highest BCUT2D eigenvalue weighted by atomic mass is 16.5. The average Bonchev–Trinajstić information content (AvgIpc) is 2.90. The zero-order chi connectivity index (χ0) is 26.2. The molecule has 0 amide bonds. The maximum absolute atomic E-state index is 10.6. The fraction of sp³-hybridized carbons (Fsp3) is 0.200. The van der Waals surface area contributed by atoms with E-state index in [9.17, 15) is 9.59 Å². The van der Waals surface area contributed by atoms with Gasteiger partial charge in [0.2, 0.25) is 0 Å². The van der Waals surface area contributed by atoms with Gasteiger partial charge in [-0.05, 0) is 60.4 Å². The molecule has 0 aliphatic carbocycles. The molecule has 0 atom stereocenters. The first-order valence-corrected chi connectivity index (χ1v) is 11.6. The van der Waals surface area contributed by atoms with Crippen molar-refractivity contribution in [2.24, 2.45) is 0 Å². The van der Waals surface area contributed by atoms with Gasteiger partial charge in [0.1, 0.15) is 24.7 Å². The van der Waals surface area contributed by atoms with Crippen LogP contribution in [0.25, 0.3) is 6.08 Å². The summed E-state index contributed by atoms with van der Waals surface area (Å²) in [6.45, 7) is 8.50. The maximum Gasteiger partial charge on any atom is 0.333 e. The third kappa shape index (κ3) is 11.2. The molecular formula is C30H32O6. The summed E-state index contributed by atoms with van der Waals surface area (Å²) in [5.74, 6) is 0.285. The van der Waals surface area contributed by atoms with Crippen LogP contribution in [0.2, 0.25) is 0 Å². The summed E-state index contributed by atoms with van der Waals surface area (Å²) in [6, 6.07) is 25.1. The summed E-state index contributed by atoms with van der Waals surface area (Å²) < 4.78 is 16.2. The summed E-state index contributed by atoms with van der Waals surface area (Å²) in [7, 11) is 0. The summed E-state index contributed by atoms with van der Waals surface area (Å²) >= 11 is 0. The van der Waals surface area contributed by atoms with Gasteiger partial charge in [-0.2, -0.15) is 0 Å². The van der Waals surface area contributed by atoms with Crippen molar-refractivity contribution in [2.75, 3.05) is 6.61 Å². The molecule has 0 radical (unpaired) electrons. The molecule has 0 aliphatic heterocycles. The van der Waals surface area contributed by atoms with Crippen molar-refractivity contribution in [3.63, 3.8) is 0 Å². The predicted octanol–water partition coefficient (Wildman–Crippen LogP) is 6.46. The fourth-order valence-corrected chi connectivity index (χ4v) is 2.75. The number of ether oxygens (including phenoxy) is 3. The molecule has 3 rings (SSSR count). The number of carbonyl (C=O) groups is 2. The van der Waals surface area contributed by atoms with Gasteiger partial charge in [-0.3, -0.25) is 0 Å². The Bertz CT molecular complexity index is 1120. The number of benzene rings is 3. The Morgan fingerprint density at radius 1 is 0.833 bits per heavy atom. The molecule has 3 aromatic rings. The van der Waals surface area contributed by atoms with Gasteiger partial charge in [0.05, 0.1) is 6.61 Å². The second kappa shape index (κ2) is 15.6. The number of carbonyl (C=O) groups excluding carboxylic acids is 1. The molecule has 0 fully saturated rings. The van der Waals surface area contributed by atoms with Crippen LogP contribution in [0, 0.1) is 0 Å². The van der Waals surface area contributed by atoms with Crippen molar-refractivity contribution >= 4 is 18.0 Å². The zero-order valence-electron chi connectivity index (χ0n) is 20.7. The minimum Gasteiger partial charge on any atom is -0.489 e. The van der Waals surface area contributed by atoms with E-state index in [2.05, 4.69) is 6.58 Å². The van der Waals surface area contributed by atoms with Gasteiger partial charge in [-0.1, -0.05) is 68.1 Å². The topological polar surface area (TPSA) is 82.1 Å². The first-order chi connectivity index (χ1) is 17.4. The monoisotopic (exact) mass is 488 g/mol. The number of carboxylic acids is 1. The van der Waals surface area contributed by atoms with Crippen LogP contribution in [-0.4, -0.2) is 23.7 Å². The minimum absolute atomic E-state index is 0.295. The van der Waals surface area contributed by atoms with Crippen LogP contribution in [-0.2, 0) is 27.5 Å². The average molecular weight is 489 g/mol. The van der Waals surface area contributed by atoms with E-state index in [1.807, 2.05) is 85.8 Å². The molecule has 0 heterocycles. The van der Waals surface area contributed by atoms with Crippen LogP contribution < -0.4 is 9.47 Å². The highest BCUT2D eigenvalue weighted by Gasteiger charge is 2.00. The first-order valence-electron chi connectivity index (χ1n) is 11.6. The molecule has 6 nitrogen and oxygen atoms in total. The lowest BCUT2D eigenvalue weighted by molar-refractivity contribution is -0.139. The zero-order valence-corrected chi connectivity index (χ0v) is 20.7. The van der Waals surface area contributed by atoms with E-state index < -0.39 is 5.97 Å². The van der Waals surface area contributed by atoms with E-state index in [1.165, 1.54) is 0 Å². The lowest BCUT2D eigenvalue weighted by Gasteiger charge is -2.09. The van der Waals surface area contributed by atoms with E-state index in [4.69, 9.17) is 19.3 Å². The van der Waals surface area contributed by atoms with Crippen LogP contribution in [0.5, 0.6) is 11.5 Å². The molecule has 0 bridgehead atoms. The first kappa shape index (κ1) is 27.9. The molecular weight excluding hydrogens is 456 g/mol. The van der Waals surface area contributed by atoms with E-state index in [0.29, 0.717) is 25.4 Å². The fourth-order valence-electron chi connectivity index (χ4n) is 2.75. The van der Waals surface area contributed by atoms with Crippen LogP contribution >= 0.6 is 0 Å². The Hall–Kier alpha value is -4.32. The molecule has 1 N–H and O–H groups in total. The number of esters is 1. The number of aliphatic carboxylic acids is 1. The van der Waals surface area contributed by atoms with Crippen molar-refractivity contribution in [1.82, 2.24) is 0 Å². The molecule has 188 valence electrons. The van der Waals surface area contributed by atoms with Gasteiger partial charge in [-0.25, -0.2) is 9.59 Å². The standard InChI is InChI=1S/C23H20O4.C7H12O2/c24-23(25)15-10-18-6-11-21(12-7-18)27-17-20-8-13-22(14-9-20)26-16-19-4-2-1-3-5-19;1-4-5-9-7(8)6(2)3/h1-15H,16-17H2,(H,24,25);2,4-5H2,1,3H3. The second-order valence-electron chi connectivity index (χ2n) is 7.86. The van der Waals surface area contributed by atoms with Gasteiger partial charge in [0.25, 0.3) is 0 Å². The van der Waals surface area contributed by atoms with Gasteiger partial charge < -0.3 is 19.3 Å². The van der Waals surface area contributed by atoms with Crippen molar-refractivity contribution in [1.29, 1.82) is 0 Å². The number of hydrogen-bond donors (Lipinski definition) is 1. The van der Waals surface area contributed by atoms with Crippen molar-refractivity contribution in [3.05, 3.63) is 114 Å². The van der Waals surface area contributed by atoms with E-state index >= 15 is 0 Å².